The van der Waals surface area contributed by atoms with Crippen LogP contribution in [0.15, 0.2) is 170 Å². The standard InChI is InChI=1S/C51H36N4O.Pt/c1-3-36-29-30-52-49(31-36)55-46-25-11-10-22-44(46)45-28-27-41(33-48(45)55)56-40-21-13-20-39(32-40)53-34-54(50-35(2)15-12-26-47(50)53)51-42(37-16-6-4-7-17-37)23-14-24-43(51)38-18-8-5-9-19-38;/h4-31H,3H2,1-2H3;/q-2;. The predicted molar refractivity (Wildman–Crippen MR) is 225 cm³/mol. The van der Waals surface area contributed by atoms with E-state index in [0.717, 1.165) is 84.3 Å². The molecule has 0 spiro atoms. The van der Waals surface area contributed by atoms with E-state index in [1.165, 1.54) is 5.56 Å². The Morgan fingerprint density at radius 2 is 1.30 bits per heavy atom. The smallest absolute Gasteiger partial charge is 0.268 e. The van der Waals surface area contributed by atoms with Crippen LogP contribution in [0.5, 0.6) is 11.5 Å². The number of aryl methyl sites for hydroxylation is 2. The molecule has 7 aromatic carbocycles. The summed E-state index contributed by atoms with van der Waals surface area (Å²) in [6.45, 7) is 4.32. The van der Waals surface area contributed by atoms with Gasteiger partial charge in [0.05, 0.1) is 16.7 Å². The van der Waals surface area contributed by atoms with Crippen molar-refractivity contribution in [2.75, 3.05) is 0 Å². The Balaban J connectivity index is 0.00000422. The molecule has 0 aliphatic carbocycles. The van der Waals surface area contributed by atoms with E-state index in [4.69, 9.17) is 9.72 Å². The van der Waals surface area contributed by atoms with Crippen LogP contribution in [0, 0.1) is 25.4 Å². The van der Waals surface area contributed by atoms with E-state index >= 15 is 0 Å². The fourth-order valence-corrected chi connectivity index (χ4v) is 7.87. The molecular formula is C51H36N4OPt-2. The maximum absolute atomic E-state index is 6.58. The minimum absolute atomic E-state index is 0. The van der Waals surface area contributed by atoms with Crippen LogP contribution in [-0.2, 0) is 27.5 Å². The molecule has 0 aliphatic rings. The molecule has 0 atom stereocenters. The van der Waals surface area contributed by atoms with Crippen LogP contribution >= 0.6 is 0 Å². The summed E-state index contributed by atoms with van der Waals surface area (Å²) in [6, 6.07) is 64.0. The Hall–Kier alpha value is -6.55. The molecule has 10 aromatic rings. The molecule has 57 heavy (non-hydrogen) atoms. The van der Waals surface area contributed by atoms with Gasteiger partial charge in [0.25, 0.3) is 6.33 Å². The summed E-state index contributed by atoms with van der Waals surface area (Å²) in [5, 5.41) is 2.24. The van der Waals surface area contributed by atoms with Gasteiger partial charge in [-0.25, -0.2) is 4.98 Å². The van der Waals surface area contributed by atoms with Gasteiger partial charge in [-0.2, -0.15) is 18.2 Å². The van der Waals surface area contributed by atoms with Crippen molar-refractivity contribution in [2.24, 2.45) is 0 Å². The second-order valence-electron chi connectivity index (χ2n) is 14.0. The summed E-state index contributed by atoms with van der Waals surface area (Å²) in [5.41, 5.74) is 12.8. The van der Waals surface area contributed by atoms with Crippen LogP contribution in [0.3, 0.4) is 0 Å². The van der Waals surface area contributed by atoms with Gasteiger partial charge in [0.2, 0.25) is 0 Å². The van der Waals surface area contributed by atoms with Crippen molar-refractivity contribution in [3.63, 3.8) is 0 Å². The van der Waals surface area contributed by atoms with E-state index in [1.54, 1.807) is 0 Å². The van der Waals surface area contributed by atoms with Crippen LogP contribution in [0.4, 0.5) is 0 Å². The zero-order valence-corrected chi connectivity index (χ0v) is 33.7. The van der Waals surface area contributed by atoms with Crippen molar-refractivity contribution in [1.29, 1.82) is 0 Å². The zero-order valence-electron chi connectivity index (χ0n) is 31.4. The number of rotatable bonds is 8. The molecule has 0 aliphatic heterocycles. The average Bonchev–Trinajstić information content (AvgIpc) is 3.81. The number of fused-ring (bicyclic) bond motifs is 4. The van der Waals surface area contributed by atoms with Crippen molar-refractivity contribution in [1.82, 2.24) is 14.1 Å². The number of aromatic nitrogens is 4. The molecule has 0 N–H and O–H groups in total. The molecule has 5 nitrogen and oxygen atoms in total. The first-order valence-electron chi connectivity index (χ1n) is 19.0. The van der Waals surface area contributed by atoms with Crippen LogP contribution in [0.25, 0.3) is 72.3 Å². The Morgan fingerprint density at radius 1 is 0.632 bits per heavy atom. The molecule has 0 bridgehead atoms. The molecule has 0 saturated heterocycles. The molecule has 0 fully saturated rings. The maximum atomic E-state index is 6.58. The fourth-order valence-electron chi connectivity index (χ4n) is 7.87. The van der Waals surface area contributed by atoms with Gasteiger partial charge in [0.1, 0.15) is 5.82 Å². The first kappa shape index (κ1) is 36.1. The monoisotopic (exact) mass is 915 g/mol. The minimum Gasteiger partial charge on any atom is -0.510 e. The molecular weight excluding hydrogens is 880 g/mol. The van der Waals surface area contributed by atoms with Crippen LogP contribution in [0.2, 0.25) is 0 Å². The number of para-hydroxylation sites is 3. The van der Waals surface area contributed by atoms with E-state index in [-0.39, 0.29) is 21.1 Å². The van der Waals surface area contributed by atoms with Gasteiger partial charge >= 0.3 is 0 Å². The number of hydrogen-bond acceptors (Lipinski definition) is 2. The summed E-state index contributed by atoms with van der Waals surface area (Å²) in [6.07, 6.45) is 6.59. The Labute approximate surface area is 346 Å². The topological polar surface area (TPSA) is 35.9 Å². The molecule has 10 rings (SSSR count). The summed E-state index contributed by atoms with van der Waals surface area (Å²) < 4.78 is 13.1. The third kappa shape index (κ3) is 6.44. The third-order valence-electron chi connectivity index (χ3n) is 10.5. The fraction of sp³-hybridized carbons (Fsp3) is 0.0588. The maximum Gasteiger partial charge on any atom is 0.268 e. The predicted octanol–water partition coefficient (Wildman–Crippen LogP) is 11.8. The summed E-state index contributed by atoms with van der Waals surface area (Å²) >= 11 is 0. The molecule has 0 unspecified atom stereocenters. The van der Waals surface area contributed by atoms with Gasteiger partial charge in [-0.05, 0) is 76.0 Å². The second-order valence-corrected chi connectivity index (χ2v) is 14.0. The van der Waals surface area contributed by atoms with E-state index in [0.29, 0.717) is 11.5 Å². The molecule has 0 saturated carbocycles. The summed E-state index contributed by atoms with van der Waals surface area (Å²) in [5.74, 6) is 2.04. The zero-order chi connectivity index (χ0) is 37.6. The quantitative estimate of drug-likeness (QED) is 0.112. The Kier molecular flexibility index (Phi) is 9.61. The number of benzene rings is 7. The number of imidazole rings is 1. The molecule has 0 amide bonds. The number of pyridine rings is 1. The first-order valence-corrected chi connectivity index (χ1v) is 19.0. The summed E-state index contributed by atoms with van der Waals surface area (Å²) in [7, 11) is 0. The van der Waals surface area contributed by atoms with Crippen LogP contribution in [-0.4, -0.2) is 14.1 Å². The van der Waals surface area contributed by atoms with Gasteiger partial charge < -0.3 is 13.9 Å². The number of hydrogen-bond donors (Lipinski definition) is 0. The SMILES string of the molecule is CCc1ccnc(-n2c3[c-]c(Oc4[c-]c(-n5[c-][n+](-c6c(-c7ccccc7)cccc6-c6ccccc6)c6c(C)cccc65)ccc4)ccc3c3ccccc32)c1.[Pt]. The molecule has 3 heterocycles. The van der Waals surface area contributed by atoms with E-state index in [2.05, 4.69) is 186 Å². The normalized spacial score (nSPS) is 11.3. The van der Waals surface area contributed by atoms with Gasteiger partial charge in [0.15, 0.2) is 0 Å². The Morgan fingerprint density at radius 3 is 2.05 bits per heavy atom. The van der Waals surface area contributed by atoms with Gasteiger partial charge in [-0.1, -0.05) is 128 Å². The molecule has 3 aromatic heterocycles. The molecule has 278 valence electrons. The van der Waals surface area contributed by atoms with Gasteiger partial charge in [0, 0.05) is 44.3 Å². The first-order chi connectivity index (χ1) is 27.6. The molecule has 0 radical (unpaired) electrons. The largest absolute Gasteiger partial charge is 0.510 e. The molecule has 6 heteroatoms. The van der Waals surface area contributed by atoms with Crippen LogP contribution in [0.1, 0.15) is 18.1 Å². The van der Waals surface area contributed by atoms with Gasteiger partial charge in [-0.3, -0.25) is 4.57 Å². The van der Waals surface area contributed by atoms with Crippen molar-refractivity contribution in [2.45, 2.75) is 20.3 Å². The van der Waals surface area contributed by atoms with E-state index in [9.17, 15) is 0 Å². The van der Waals surface area contributed by atoms with Crippen molar-refractivity contribution in [3.8, 4) is 50.9 Å². The van der Waals surface area contributed by atoms with Crippen LogP contribution < -0.4 is 9.30 Å². The van der Waals surface area contributed by atoms with E-state index < -0.39 is 0 Å². The summed E-state index contributed by atoms with van der Waals surface area (Å²) in [4.78, 5) is 4.78. The average molecular weight is 916 g/mol. The van der Waals surface area contributed by atoms with E-state index in [1.807, 2.05) is 30.5 Å². The van der Waals surface area contributed by atoms with Crippen molar-refractivity contribution >= 4 is 32.8 Å². The van der Waals surface area contributed by atoms with Crippen molar-refractivity contribution < 1.29 is 30.4 Å². The van der Waals surface area contributed by atoms with Crippen molar-refractivity contribution in [3.05, 3.63) is 200 Å². The minimum atomic E-state index is 0. The Bertz CT molecular complexity index is 3000. The third-order valence-corrected chi connectivity index (χ3v) is 10.5. The number of ether oxygens (including phenoxy) is 1. The van der Waals surface area contributed by atoms with Gasteiger partial charge in [-0.15, -0.1) is 29.7 Å². The number of nitrogens with zero attached hydrogens (tertiary/aromatic N) is 4. The second kappa shape index (κ2) is 15.2.